The van der Waals surface area contributed by atoms with Crippen LogP contribution in [-0.4, -0.2) is 0 Å². The van der Waals surface area contributed by atoms with E-state index in [1.54, 1.807) is 0 Å². The Morgan fingerprint density at radius 2 is 0.936 bits per heavy atom. The van der Waals surface area contributed by atoms with Gasteiger partial charge in [0.05, 0.1) is 5.41 Å². The maximum atomic E-state index is 6.39. The summed E-state index contributed by atoms with van der Waals surface area (Å²) >= 11 is 0. The summed E-state index contributed by atoms with van der Waals surface area (Å²) in [4.78, 5) is 0. The van der Waals surface area contributed by atoms with E-state index in [-0.39, 0.29) is 0 Å². The van der Waals surface area contributed by atoms with E-state index in [1.807, 2.05) is 36.4 Å². The summed E-state index contributed by atoms with van der Waals surface area (Å²) in [6.45, 7) is 8.43. The van der Waals surface area contributed by atoms with Crippen molar-refractivity contribution in [2.45, 2.75) is 46.0 Å². The van der Waals surface area contributed by atoms with E-state index in [9.17, 15) is 0 Å². The molecule has 0 aliphatic heterocycles. The number of benzene rings is 6. The van der Waals surface area contributed by atoms with Gasteiger partial charge < -0.3 is 20.9 Å². The number of nitrogen functional groups attached to an aromatic ring is 2. The summed E-state index contributed by atoms with van der Waals surface area (Å²) in [6.07, 6.45) is 1.77. The lowest BCUT2D eigenvalue weighted by atomic mass is 9.67. The van der Waals surface area contributed by atoms with Crippen LogP contribution in [-0.2, 0) is 18.3 Å². The van der Waals surface area contributed by atoms with E-state index in [0.717, 1.165) is 69.5 Å². The molecule has 0 saturated heterocycles. The van der Waals surface area contributed by atoms with E-state index >= 15 is 0 Å². The highest BCUT2D eigenvalue weighted by atomic mass is 16.5. The monoisotopic (exact) mass is 616 g/mol. The van der Waals surface area contributed by atoms with Gasteiger partial charge in [0.15, 0.2) is 0 Å². The van der Waals surface area contributed by atoms with Gasteiger partial charge in [-0.05, 0) is 107 Å². The van der Waals surface area contributed by atoms with Gasteiger partial charge in [0.25, 0.3) is 0 Å². The van der Waals surface area contributed by atoms with Crippen LogP contribution in [0.15, 0.2) is 121 Å². The fraction of sp³-hybridized carbons (Fsp3) is 0.163. The smallest absolute Gasteiger partial charge is 0.130 e. The molecule has 1 aliphatic carbocycles. The molecule has 6 aromatic carbocycles. The summed E-state index contributed by atoms with van der Waals surface area (Å²) < 4.78 is 12.8. The molecule has 0 radical (unpaired) electrons. The van der Waals surface area contributed by atoms with Crippen LogP contribution in [0.4, 0.5) is 11.4 Å². The van der Waals surface area contributed by atoms with Gasteiger partial charge >= 0.3 is 0 Å². The number of hydrogen-bond donors (Lipinski definition) is 2. The highest BCUT2D eigenvalue weighted by Crippen LogP contribution is 2.56. The summed E-state index contributed by atoms with van der Waals surface area (Å²) in [5, 5.41) is 0. The Hall–Kier alpha value is -5.48. The molecule has 47 heavy (non-hydrogen) atoms. The molecule has 0 saturated carbocycles. The number of hydrogen-bond acceptors (Lipinski definition) is 4. The number of ether oxygens (including phenoxy) is 2. The molecule has 0 aromatic heterocycles. The minimum absolute atomic E-state index is 0.541. The summed E-state index contributed by atoms with van der Waals surface area (Å²) in [5.74, 6) is 3.08. The second-order valence-electron chi connectivity index (χ2n) is 12.4. The Balaban J connectivity index is 1.35. The first kappa shape index (κ1) is 30.2. The van der Waals surface area contributed by atoms with Gasteiger partial charge in [0.2, 0.25) is 0 Å². The lowest BCUT2D eigenvalue weighted by Gasteiger charge is -2.34. The zero-order valence-electron chi connectivity index (χ0n) is 27.4. The number of aryl methyl sites for hydroxylation is 4. The van der Waals surface area contributed by atoms with Crippen LogP contribution in [0, 0.1) is 13.8 Å². The highest BCUT2D eigenvalue weighted by Gasteiger charge is 2.46. The Bertz CT molecular complexity index is 1980. The number of fused-ring (bicyclic) bond motifs is 3. The minimum Gasteiger partial charge on any atom is -0.457 e. The van der Waals surface area contributed by atoms with Crippen LogP contribution < -0.4 is 20.9 Å². The number of nitrogens with two attached hydrogens (primary N) is 2. The van der Waals surface area contributed by atoms with Gasteiger partial charge in [-0.15, -0.1) is 0 Å². The Morgan fingerprint density at radius 1 is 0.511 bits per heavy atom. The maximum Gasteiger partial charge on any atom is 0.130 e. The molecule has 6 aromatic rings. The predicted octanol–water partition coefficient (Wildman–Crippen LogP) is 10.5. The van der Waals surface area contributed by atoms with Gasteiger partial charge in [0.1, 0.15) is 23.0 Å². The molecule has 0 amide bonds. The molecule has 0 heterocycles. The van der Waals surface area contributed by atoms with Crippen molar-refractivity contribution in [3.63, 3.8) is 0 Å². The Labute approximate surface area is 277 Å². The molecule has 0 atom stereocenters. The molecular formula is C43H40N2O2. The van der Waals surface area contributed by atoms with Crippen molar-refractivity contribution in [2.75, 3.05) is 11.5 Å². The third kappa shape index (κ3) is 5.11. The van der Waals surface area contributed by atoms with E-state index < -0.39 is 5.41 Å². The minimum atomic E-state index is -0.541. The van der Waals surface area contributed by atoms with Gasteiger partial charge in [-0.25, -0.2) is 0 Å². The fourth-order valence-electron chi connectivity index (χ4n) is 7.19. The van der Waals surface area contributed by atoms with Crippen LogP contribution >= 0.6 is 0 Å². The lowest BCUT2D eigenvalue weighted by Crippen LogP contribution is -2.28. The second-order valence-corrected chi connectivity index (χ2v) is 12.4. The summed E-state index contributed by atoms with van der Waals surface area (Å²) in [6, 6.07) is 42.6. The number of anilines is 2. The average molecular weight is 617 g/mol. The van der Waals surface area contributed by atoms with E-state index in [1.165, 1.54) is 33.4 Å². The van der Waals surface area contributed by atoms with Crippen molar-refractivity contribution in [2.24, 2.45) is 0 Å². The predicted molar refractivity (Wildman–Crippen MR) is 194 cm³/mol. The first-order chi connectivity index (χ1) is 22.8. The standard InChI is InChI=1S/C43H40N2O2/c1-5-29-15-19-33(25-39(29)44)46-41-21-17-31(23-27(41)3)43(37-13-9-7-11-35(37)36-12-8-10-14-38(36)43)32-18-22-42(28(4)24-32)47-34-20-16-30(6-2)40(45)26-34/h7-26H,5-6,44-45H2,1-4H3. The molecule has 0 fully saturated rings. The second kappa shape index (κ2) is 12.0. The first-order valence-corrected chi connectivity index (χ1v) is 16.4. The van der Waals surface area contributed by atoms with Crippen LogP contribution in [0.25, 0.3) is 11.1 Å². The third-order valence-electron chi connectivity index (χ3n) is 9.62. The molecular weight excluding hydrogens is 576 g/mol. The normalized spacial score (nSPS) is 12.8. The van der Waals surface area contributed by atoms with Crippen LogP contribution in [0.2, 0.25) is 0 Å². The zero-order valence-corrected chi connectivity index (χ0v) is 27.4. The molecule has 4 N–H and O–H groups in total. The molecule has 4 heteroatoms. The van der Waals surface area contributed by atoms with Gasteiger partial charge in [0, 0.05) is 23.5 Å². The van der Waals surface area contributed by atoms with E-state index in [2.05, 4.69) is 113 Å². The Morgan fingerprint density at radius 3 is 1.32 bits per heavy atom. The molecule has 4 nitrogen and oxygen atoms in total. The fourth-order valence-corrected chi connectivity index (χ4v) is 7.19. The van der Waals surface area contributed by atoms with Gasteiger partial charge in [-0.1, -0.05) is 98.8 Å². The lowest BCUT2D eigenvalue weighted by molar-refractivity contribution is 0.478. The molecule has 7 rings (SSSR count). The first-order valence-electron chi connectivity index (χ1n) is 16.4. The summed E-state index contributed by atoms with van der Waals surface area (Å²) in [7, 11) is 0. The van der Waals surface area contributed by atoms with Crippen molar-refractivity contribution in [3.8, 4) is 34.1 Å². The van der Waals surface area contributed by atoms with Crippen molar-refractivity contribution in [1.29, 1.82) is 0 Å². The Kier molecular flexibility index (Phi) is 7.73. The van der Waals surface area contributed by atoms with Crippen LogP contribution in [0.1, 0.15) is 58.4 Å². The quantitative estimate of drug-likeness (QED) is 0.167. The largest absolute Gasteiger partial charge is 0.457 e. The molecule has 1 aliphatic rings. The van der Waals surface area contributed by atoms with Crippen LogP contribution in [0.3, 0.4) is 0 Å². The van der Waals surface area contributed by atoms with Crippen molar-refractivity contribution in [3.05, 3.63) is 166 Å². The van der Waals surface area contributed by atoms with Crippen LogP contribution in [0.5, 0.6) is 23.0 Å². The van der Waals surface area contributed by atoms with Gasteiger partial charge in [-0.2, -0.15) is 0 Å². The van der Waals surface area contributed by atoms with Crippen molar-refractivity contribution < 1.29 is 9.47 Å². The van der Waals surface area contributed by atoms with E-state index in [0.29, 0.717) is 0 Å². The van der Waals surface area contributed by atoms with Gasteiger partial charge in [-0.3, -0.25) is 0 Å². The number of rotatable bonds is 8. The maximum absolute atomic E-state index is 6.39. The average Bonchev–Trinajstić information content (AvgIpc) is 3.38. The third-order valence-corrected chi connectivity index (χ3v) is 9.62. The molecule has 234 valence electrons. The SMILES string of the molecule is CCc1ccc(Oc2ccc(C3(c4ccc(Oc5ccc(CC)c(N)c5)c(C)c4)c4ccccc4-c4ccccc43)cc2C)cc1N. The van der Waals surface area contributed by atoms with Crippen molar-refractivity contribution >= 4 is 11.4 Å². The highest BCUT2D eigenvalue weighted by molar-refractivity contribution is 5.86. The molecule has 0 bridgehead atoms. The molecule has 0 spiro atoms. The summed E-state index contributed by atoms with van der Waals surface area (Å²) in [5.41, 5.74) is 25.2. The van der Waals surface area contributed by atoms with Crippen molar-refractivity contribution in [1.82, 2.24) is 0 Å². The zero-order chi connectivity index (χ0) is 32.7. The van der Waals surface area contributed by atoms with E-state index in [4.69, 9.17) is 20.9 Å². The molecule has 0 unspecified atom stereocenters. The topological polar surface area (TPSA) is 70.5 Å².